The number of benzene rings is 1. The number of hydrogen-bond donors (Lipinski definition) is 0. The van der Waals surface area contributed by atoms with E-state index in [1.165, 1.54) is 12.1 Å². The lowest BCUT2D eigenvalue weighted by atomic mass is 10.2. The molecule has 1 heterocycles. The molecule has 0 aliphatic heterocycles. The average molecular weight is 330 g/mol. The predicted octanol–water partition coefficient (Wildman–Crippen LogP) is 3.87. The molecular formula is C12H12FIN2. The van der Waals surface area contributed by atoms with Gasteiger partial charge in [0.1, 0.15) is 15.3 Å². The van der Waals surface area contributed by atoms with Crippen LogP contribution in [0.3, 0.4) is 0 Å². The first-order valence-electron chi connectivity index (χ1n) is 5.08. The van der Waals surface area contributed by atoms with Gasteiger partial charge in [0.05, 0.1) is 6.20 Å². The average Bonchev–Trinajstić information content (AvgIpc) is 2.61. The van der Waals surface area contributed by atoms with Crippen LogP contribution in [0.1, 0.15) is 19.9 Å². The van der Waals surface area contributed by atoms with Crippen LogP contribution in [-0.4, -0.2) is 9.55 Å². The topological polar surface area (TPSA) is 17.8 Å². The van der Waals surface area contributed by atoms with E-state index in [1.54, 1.807) is 12.1 Å². The number of imidazole rings is 1. The van der Waals surface area contributed by atoms with Gasteiger partial charge in [-0.1, -0.05) is 0 Å². The van der Waals surface area contributed by atoms with Crippen molar-refractivity contribution in [3.8, 4) is 11.4 Å². The molecule has 0 spiro atoms. The van der Waals surface area contributed by atoms with E-state index >= 15 is 0 Å². The summed E-state index contributed by atoms with van der Waals surface area (Å²) in [7, 11) is 0. The SMILES string of the molecule is CC(C)n1c(I)cnc1-c1ccc(F)cc1. The van der Waals surface area contributed by atoms with Crippen LogP contribution in [0.5, 0.6) is 0 Å². The van der Waals surface area contributed by atoms with Crippen molar-refractivity contribution in [3.05, 3.63) is 40.0 Å². The predicted molar refractivity (Wildman–Crippen MR) is 70.7 cm³/mol. The fraction of sp³-hybridized carbons (Fsp3) is 0.250. The van der Waals surface area contributed by atoms with Crippen LogP contribution in [-0.2, 0) is 0 Å². The Morgan fingerprint density at radius 1 is 1.25 bits per heavy atom. The monoisotopic (exact) mass is 330 g/mol. The van der Waals surface area contributed by atoms with Crippen molar-refractivity contribution in [3.63, 3.8) is 0 Å². The minimum absolute atomic E-state index is 0.221. The third kappa shape index (κ3) is 2.11. The molecule has 0 saturated carbocycles. The van der Waals surface area contributed by atoms with Crippen molar-refractivity contribution in [2.75, 3.05) is 0 Å². The van der Waals surface area contributed by atoms with E-state index < -0.39 is 0 Å². The lowest BCUT2D eigenvalue weighted by Crippen LogP contribution is -2.05. The second-order valence-electron chi connectivity index (χ2n) is 3.88. The molecule has 0 atom stereocenters. The summed E-state index contributed by atoms with van der Waals surface area (Å²) in [6.07, 6.45) is 1.83. The summed E-state index contributed by atoms with van der Waals surface area (Å²) >= 11 is 2.26. The normalized spacial score (nSPS) is 11.1. The number of hydrogen-bond acceptors (Lipinski definition) is 1. The molecule has 0 N–H and O–H groups in total. The van der Waals surface area contributed by atoms with Gasteiger partial charge < -0.3 is 4.57 Å². The van der Waals surface area contributed by atoms with E-state index in [9.17, 15) is 4.39 Å². The molecule has 2 aromatic rings. The molecule has 1 aromatic carbocycles. The van der Waals surface area contributed by atoms with Crippen LogP contribution in [0.2, 0.25) is 0 Å². The molecule has 84 valence electrons. The summed E-state index contributed by atoms with van der Waals surface area (Å²) in [4.78, 5) is 4.37. The maximum Gasteiger partial charge on any atom is 0.140 e. The Morgan fingerprint density at radius 2 is 1.88 bits per heavy atom. The third-order valence-electron chi connectivity index (χ3n) is 2.37. The van der Waals surface area contributed by atoms with Crippen molar-refractivity contribution >= 4 is 22.6 Å². The Labute approximate surface area is 108 Å². The van der Waals surface area contributed by atoms with E-state index in [4.69, 9.17) is 0 Å². The molecule has 0 fully saturated rings. The molecule has 0 amide bonds. The standard InChI is InChI=1S/C12H12FIN2/c1-8(2)16-11(14)7-15-12(16)9-3-5-10(13)6-4-9/h3-8H,1-2H3. The highest BCUT2D eigenvalue weighted by atomic mass is 127. The summed E-state index contributed by atoms with van der Waals surface area (Å²) in [6, 6.07) is 6.77. The first-order valence-corrected chi connectivity index (χ1v) is 6.16. The number of aromatic nitrogens is 2. The van der Waals surface area contributed by atoms with Gasteiger partial charge in [0.15, 0.2) is 0 Å². The van der Waals surface area contributed by atoms with Gasteiger partial charge >= 0.3 is 0 Å². The summed E-state index contributed by atoms with van der Waals surface area (Å²) < 4.78 is 16.1. The van der Waals surface area contributed by atoms with E-state index in [2.05, 4.69) is 46.0 Å². The summed E-state index contributed by atoms with van der Waals surface area (Å²) in [6.45, 7) is 4.22. The maximum absolute atomic E-state index is 12.8. The first-order chi connectivity index (χ1) is 7.59. The molecule has 0 aliphatic rings. The third-order valence-corrected chi connectivity index (χ3v) is 3.17. The van der Waals surface area contributed by atoms with Gasteiger partial charge in [-0.2, -0.15) is 0 Å². The van der Waals surface area contributed by atoms with Crippen LogP contribution in [0.25, 0.3) is 11.4 Å². The second-order valence-corrected chi connectivity index (χ2v) is 4.98. The van der Waals surface area contributed by atoms with E-state index in [-0.39, 0.29) is 5.82 Å². The highest BCUT2D eigenvalue weighted by Gasteiger charge is 2.12. The van der Waals surface area contributed by atoms with Crippen molar-refractivity contribution in [2.45, 2.75) is 19.9 Å². The molecule has 4 heteroatoms. The van der Waals surface area contributed by atoms with Crippen molar-refractivity contribution in [1.29, 1.82) is 0 Å². The van der Waals surface area contributed by atoms with Gasteiger partial charge in [-0.15, -0.1) is 0 Å². The van der Waals surface area contributed by atoms with E-state index in [1.807, 2.05) is 6.20 Å². The van der Waals surface area contributed by atoms with Crippen molar-refractivity contribution < 1.29 is 4.39 Å². The Bertz CT molecular complexity index is 488. The highest BCUT2D eigenvalue weighted by molar-refractivity contribution is 14.1. The number of rotatable bonds is 2. The van der Waals surface area contributed by atoms with Crippen LogP contribution in [0, 0.1) is 9.52 Å². The van der Waals surface area contributed by atoms with Gasteiger partial charge in [-0.25, -0.2) is 9.37 Å². The largest absolute Gasteiger partial charge is 0.317 e. The quantitative estimate of drug-likeness (QED) is 0.765. The van der Waals surface area contributed by atoms with Gasteiger partial charge in [0.2, 0.25) is 0 Å². The molecule has 0 aliphatic carbocycles. The second kappa shape index (κ2) is 4.53. The molecule has 16 heavy (non-hydrogen) atoms. The van der Waals surface area contributed by atoms with Crippen LogP contribution in [0.4, 0.5) is 4.39 Å². The number of nitrogens with zero attached hydrogens (tertiary/aromatic N) is 2. The van der Waals surface area contributed by atoms with E-state index in [0.29, 0.717) is 6.04 Å². The fourth-order valence-corrected chi connectivity index (χ4v) is 2.57. The Kier molecular flexibility index (Phi) is 3.28. The van der Waals surface area contributed by atoms with Gasteiger partial charge in [0.25, 0.3) is 0 Å². The lowest BCUT2D eigenvalue weighted by molar-refractivity contribution is 0.594. The molecule has 2 rings (SSSR count). The Hall–Kier alpha value is -0.910. The summed E-state index contributed by atoms with van der Waals surface area (Å²) in [5.41, 5.74) is 0.943. The zero-order valence-corrected chi connectivity index (χ0v) is 11.3. The molecular weight excluding hydrogens is 318 g/mol. The Balaban J connectivity index is 2.52. The molecule has 0 unspecified atom stereocenters. The molecule has 0 saturated heterocycles. The lowest BCUT2D eigenvalue weighted by Gasteiger charge is -2.13. The summed E-state index contributed by atoms with van der Waals surface area (Å²) in [5.74, 6) is 0.667. The van der Waals surface area contributed by atoms with Gasteiger partial charge in [-0.3, -0.25) is 0 Å². The maximum atomic E-state index is 12.8. The van der Waals surface area contributed by atoms with Crippen LogP contribution >= 0.6 is 22.6 Å². The molecule has 2 nitrogen and oxygen atoms in total. The highest BCUT2D eigenvalue weighted by Crippen LogP contribution is 2.24. The molecule has 0 bridgehead atoms. The van der Waals surface area contributed by atoms with Crippen molar-refractivity contribution in [1.82, 2.24) is 9.55 Å². The first kappa shape index (κ1) is 11.6. The number of halogens is 2. The van der Waals surface area contributed by atoms with Crippen LogP contribution < -0.4 is 0 Å². The minimum atomic E-state index is -0.221. The van der Waals surface area contributed by atoms with E-state index in [0.717, 1.165) is 15.1 Å². The zero-order chi connectivity index (χ0) is 11.7. The zero-order valence-electron chi connectivity index (χ0n) is 9.11. The smallest absolute Gasteiger partial charge is 0.140 e. The van der Waals surface area contributed by atoms with Crippen molar-refractivity contribution in [2.24, 2.45) is 0 Å². The minimum Gasteiger partial charge on any atom is -0.317 e. The Morgan fingerprint density at radius 3 is 2.44 bits per heavy atom. The van der Waals surface area contributed by atoms with Crippen LogP contribution in [0.15, 0.2) is 30.5 Å². The molecule has 0 radical (unpaired) electrons. The van der Waals surface area contributed by atoms with Gasteiger partial charge in [0, 0.05) is 11.6 Å². The van der Waals surface area contributed by atoms with Gasteiger partial charge in [-0.05, 0) is 60.7 Å². The fourth-order valence-electron chi connectivity index (χ4n) is 1.64. The molecule has 1 aromatic heterocycles. The summed E-state index contributed by atoms with van der Waals surface area (Å²) in [5, 5.41) is 0.